The number of halogens is 1. The lowest BCUT2D eigenvalue weighted by molar-refractivity contribution is 0.285. The number of rotatable bonds is 3. The Hall–Kier alpha value is -0.720. The zero-order chi connectivity index (χ0) is 9.97. The Bertz CT molecular complexity index is 426. The molecule has 0 aliphatic carbocycles. The summed E-state index contributed by atoms with van der Waals surface area (Å²) in [4.78, 5) is 0.925. The summed E-state index contributed by atoms with van der Waals surface area (Å²) in [5.41, 5.74) is 0. The molecule has 2 aromatic heterocycles. The molecule has 2 heterocycles. The van der Waals surface area contributed by atoms with Gasteiger partial charge in [0.05, 0.1) is 11.5 Å². The Morgan fingerprint density at radius 2 is 2.36 bits per heavy atom. The maximum Gasteiger partial charge on any atom is 0.257 e. The summed E-state index contributed by atoms with van der Waals surface area (Å²) in [6.45, 7) is 0.0236. The Labute approximate surface area is 92.7 Å². The van der Waals surface area contributed by atoms with Crippen molar-refractivity contribution in [1.29, 1.82) is 0 Å². The van der Waals surface area contributed by atoms with Crippen LogP contribution in [0.25, 0.3) is 10.8 Å². The van der Waals surface area contributed by atoms with E-state index in [2.05, 4.69) is 26.1 Å². The van der Waals surface area contributed by atoms with Crippen LogP contribution in [0.15, 0.2) is 20.3 Å². The summed E-state index contributed by atoms with van der Waals surface area (Å²) >= 11 is 4.88. The van der Waals surface area contributed by atoms with E-state index in [0.717, 1.165) is 9.35 Å². The van der Waals surface area contributed by atoms with Crippen LogP contribution in [0.3, 0.4) is 0 Å². The standard InChI is InChI=1S/C8H7BrN2O2S/c9-5-3-6(14-4-5)8-11-10-7(13-8)1-2-12/h3-4,12H,1-2H2. The number of hydrogen-bond donors (Lipinski definition) is 1. The van der Waals surface area contributed by atoms with Gasteiger partial charge in [-0.3, -0.25) is 0 Å². The zero-order valence-electron chi connectivity index (χ0n) is 7.11. The first-order valence-electron chi connectivity index (χ1n) is 3.97. The smallest absolute Gasteiger partial charge is 0.257 e. The fraction of sp³-hybridized carbons (Fsp3) is 0.250. The van der Waals surface area contributed by atoms with Crippen molar-refractivity contribution in [3.63, 3.8) is 0 Å². The van der Waals surface area contributed by atoms with Crippen molar-refractivity contribution in [3.05, 3.63) is 21.8 Å². The SMILES string of the molecule is OCCc1nnc(-c2cc(Br)cs2)o1. The molecule has 0 spiro atoms. The third kappa shape index (κ3) is 2.02. The van der Waals surface area contributed by atoms with Crippen molar-refractivity contribution in [3.8, 4) is 10.8 Å². The molecule has 14 heavy (non-hydrogen) atoms. The Morgan fingerprint density at radius 3 is 3.00 bits per heavy atom. The highest BCUT2D eigenvalue weighted by Crippen LogP contribution is 2.28. The molecule has 0 saturated heterocycles. The minimum atomic E-state index is 0.0236. The second-order valence-corrected chi connectivity index (χ2v) is 4.43. The predicted octanol–water partition coefficient (Wildman–Crippen LogP) is 2.10. The summed E-state index contributed by atoms with van der Waals surface area (Å²) < 4.78 is 6.33. The van der Waals surface area contributed by atoms with Crippen LogP contribution >= 0.6 is 27.3 Å². The van der Waals surface area contributed by atoms with Gasteiger partial charge >= 0.3 is 0 Å². The highest BCUT2D eigenvalue weighted by atomic mass is 79.9. The lowest BCUT2D eigenvalue weighted by Gasteiger charge is -1.86. The van der Waals surface area contributed by atoms with E-state index in [4.69, 9.17) is 9.52 Å². The van der Waals surface area contributed by atoms with Gasteiger partial charge < -0.3 is 9.52 Å². The molecule has 74 valence electrons. The number of aromatic nitrogens is 2. The van der Waals surface area contributed by atoms with Gasteiger partial charge in [0.15, 0.2) is 0 Å². The molecule has 0 unspecified atom stereocenters. The Kier molecular flexibility index (Phi) is 2.95. The van der Waals surface area contributed by atoms with Crippen LogP contribution in [0.5, 0.6) is 0 Å². The molecular formula is C8H7BrN2O2S. The van der Waals surface area contributed by atoms with Crippen LogP contribution in [0, 0.1) is 0 Å². The van der Waals surface area contributed by atoms with E-state index in [1.54, 1.807) is 0 Å². The zero-order valence-corrected chi connectivity index (χ0v) is 9.51. The minimum absolute atomic E-state index is 0.0236. The van der Waals surface area contributed by atoms with Crippen molar-refractivity contribution in [1.82, 2.24) is 10.2 Å². The predicted molar refractivity (Wildman–Crippen MR) is 56.1 cm³/mol. The van der Waals surface area contributed by atoms with E-state index in [-0.39, 0.29) is 6.61 Å². The van der Waals surface area contributed by atoms with Crippen LogP contribution in [0.2, 0.25) is 0 Å². The van der Waals surface area contributed by atoms with Crippen LogP contribution < -0.4 is 0 Å². The molecule has 1 N–H and O–H groups in total. The summed E-state index contributed by atoms with van der Waals surface area (Å²) in [7, 11) is 0. The number of nitrogens with zero attached hydrogens (tertiary/aromatic N) is 2. The molecule has 0 amide bonds. The summed E-state index contributed by atoms with van der Waals surface area (Å²) in [5, 5.41) is 18.3. The average molecular weight is 275 g/mol. The van der Waals surface area contributed by atoms with Gasteiger partial charge in [0.1, 0.15) is 0 Å². The van der Waals surface area contributed by atoms with Gasteiger partial charge in [-0.25, -0.2) is 0 Å². The molecule has 2 rings (SSSR count). The van der Waals surface area contributed by atoms with Crippen LogP contribution in [0.4, 0.5) is 0 Å². The quantitative estimate of drug-likeness (QED) is 0.931. The van der Waals surface area contributed by atoms with Crippen molar-refractivity contribution < 1.29 is 9.52 Å². The van der Waals surface area contributed by atoms with E-state index in [1.165, 1.54) is 11.3 Å². The monoisotopic (exact) mass is 274 g/mol. The van der Waals surface area contributed by atoms with Crippen molar-refractivity contribution in [2.75, 3.05) is 6.61 Å². The summed E-state index contributed by atoms with van der Waals surface area (Å²) in [5.74, 6) is 0.969. The average Bonchev–Trinajstić information content (AvgIpc) is 2.74. The van der Waals surface area contributed by atoms with Gasteiger partial charge in [-0.05, 0) is 22.0 Å². The second kappa shape index (κ2) is 4.20. The molecule has 0 saturated carbocycles. The van der Waals surface area contributed by atoms with Crippen molar-refractivity contribution in [2.45, 2.75) is 6.42 Å². The molecule has 0 aliphatic heterocycles. The maximum absolute atomic E-state index is 8.67. The summed E-state index contributed by atoms with van der Waals surface area (Å²) in [6.07, 6.45) is 0.402. The van der Waals surface area contributed by atoms with Crippen LogP contribution in [0.1, 0.15) is 5.89 Å². The van der Waals surface area contributed by atoms with Gasteiger partial charge in [0.25, 0.3) is 5.89 Å². The van der Waals surface area contributed by atoms with Gasteiger partial charge in [0, 0.05) is 16.3 Å². The molecule has 0 fully saturated rings. The maximum atomic E-state index is 8.67. The van der Waals surface area contributed by atoms with E-state index in [1.807, 2.05) is 11.4 Å². The van der Waals surface area contributed by atoms with Gasteiger partial charge in [-0.2, -0.15) is 0 Å². The highest BCUT2D eigenvalue weighted by molar-refractivity contribution is 9.10. The molecule has 0 aromatic carbocycles. The molecule has 0 aliphatic rings. The number of aliphatic hydroxyl groups is 1. The second-order valence-electron chi connectivity index (χ2n) is 2.60. The molecule has 4 nitrogen and oxygen atoms in total. The van der Waals surface area contributed by atoms with E-state index < -0.39 is 0 Å². The number of thiophene rings is 1. The first-order valence-corrected chi connectivity index (χ1v) is 5.64. The third-order valence-electron chi connectivity index (χ3n) is 1.57. The number of hydrogen-bond acceptors (Lipinski definition) is 5. The fourth-order valence-electron chi connectivity index (χ4n) is 0.975. The van der Waals surface area contributed by atoms with E-state index >= 15 is 0 Å². The lowest BCUT2D eigenvalue weighted by Crippen LogP contribution is -1.89. The Morgan fingerprint density at radius 1 is 1.50 bits per heavy atom. The fourth-order valence-corrected chi connectivity index (χ4v) is 2.32. The molecule has 2 aromatic rings. The molecule has 0 atom stereocenters. The third-order valence-corrected chi connectivity index (χ3v) is 3.25. The molecule has 0 radical (unpaired) electrons. The van der Waals surface area contributed by atoms with E-state index in [0.29, 0.717) is 18.2 Å². The van der Waals surface area contributed by atoms with Crippen molar-refractivity contribution in [2.24, 2.45) is 0 Å². The van der Waals surface area contributed by atoms with Gasteiger partial charge in [-0.1, -0.05) is 0 Å². The minimum Gasteiger partial charge on any atom is -0.420 e. The Balaban J connectivity index is 2.24. The molecular weight excluding hydrogens is 268 g/mol. The lowest BCUT2D eigenvalue weighted by atomic mass is 10.4. The van der Waals surface area contributed by atoms with E-state index in [9.17, 15) is 0 Å². The number of aliphatic hydroxyl groups excluding tert-OH is 1. The first kappa shape index (κ1) is 9.82. The van der Waals surface area contributed by atoms with Gasteiger partial charge in [-0.15, -0.1) is 21.5 Å². The normalized spacial score (nSPS) is 10.7. The van der Waals surface area contributed by atoms with Crippen LogP contribution in [-0.4, -0.2) is 21.9 Å². The summed E-state index contributed by atoms with van der Waals surface area (Å²) in [6, 6.07) is 1.92. The van der Waals surface area contributed by atoms with Gasteiger partial charge in [0.2, 0.25) is 5.89 Å². The van der Waals surface area contributed by atoms with Crippen LogP contribution in [-0.2, 0) is 6.42 Å². The van der Waals surface area contributed by atoms with Crippen molar-refractivity contribution >= 4 is 27.3 Å². The highest BCUT2D eigenvalue weighted by Gasteiger charge is 2.09. The first-order chi connectivity index (χ1) is 6.79. The topological polar surface area (TPSA) is 59.2 Å². The largest absolute Gasteiger partial charge is 0.420 e. The molecule has 6 heteroatoms. The molecule has 0 bridgehead atoms.